The van der Waals surface area contributed by atoms with Crippen LogP contribution in [0.1, 0.15) is 77.6 Å². The smallest absolute Gasteiger partial charge is 0.308 e. The van der Waals surface area contributed by atoms with Crippen LogP contribution in [0.25, 0.3) is 0 Å². The van der Waals surface area contributed by atoms with Crippen LogP contribution >= 0.6 is 0 Å². The van der Waals surface area contributed by atoms with E-state index in [1.165, 1.54) is 12.8 Å². The van der Waals surface area contributed by atoms with E-state index >= 15 is 0 Å². The molecule has 0 bridgehead atoms. The van der Waals surface area contributed by atoms with Crippen LogP contribution in [-0.4, -0.2) is 38.2 Å². The van der Waals surface area contributed by atoms with E-state index in [1.54, 1.807) is 0 Å². The van der Waals surface area contributed by atoms with Crippen LogP contribution < -0.4 is 0 Å². The molecule has 0 saturated heterocycles. The molecule has 2 aliphatic rings. The second-order valence-electron chi connectivity index (χ2n) is 8.15. The summed E-state index contributed by atoms with van der Waals surface area (Å²) in [5.74, 6) is -0.440. The van der Waals surface area contributed by atoms with Gasteiger partial charge in [0.1, 0.15) is 19.8 Å². The van der Waals surface area contributed by atoms with Gasteiger partial charge >= 0.3 is 11.9 Å². The van der Waals surface area contributed by atoms with Crippen LogP contribution in [0.4, 0.5) is 0 Å². The highest BCUT2D eigenvalue weighted by Crippen LogP contribution is 2.29. The molecule has 0 unspecified atom stereocenters. The Morgan fingerprint density at radius 1 is 0.815 bits per heavy atom. The van der Waals surface area contributed by atoms with Crippen molar-refractivity contribution in [1.82, 2.24) is 0 Å². The lowest BCUT2D eigenvalue weighted by Crippen LogP contribution is -2.40. The second-order valence-corrected chi connectivity index (χ2v) is 8.15. The fourth-order valence-electron chi connectivity index (χ4n) is 4.00. The van der Waals surface area contributed by atoms with Crippen molar-refractivity contribution in [3.05, 3.63) is 0 Å². The molecule has 0 N–H and O–H groups in total. The van der Waals surface area contributed by atoms with Crippen molar-refractivity contribution in [1.29, 1.82) is 0 Å². The molecule has 2 aliphatic carbocycles. The van der Waals surface area contributed by atoms with Gasteiger partial charge < -0.3 is 14.2 Å². The van der Waals surface area contributed by atoms with Gasteiger partial charge in [0.15, 0.2) is 0 Å². The average Bonchev–Trinajstić information content (AvgIpc) is 2.74. The summed E-state index contributed by atoms with van der Waals surface area (Å²) in [5.41, 5.74) is -0.685. The normalized spacial score (nSPS) is 19.3. The average molecular weight is 382 g/mol. The van der Waals surface area contributed by atoms with Crippen molar-refractivity contribution in [3.63, 3.8) is 0 Å². The Balaban J connectivity index is 1.90. The number of rotatable bonds is 10. The minimum atomic E-state index is -0.685. The molecule has 2 saturated carbocycles. The summed E-state index contributed by atoms with van der Waals surface area (Å²) in [6.45, 7) is 2.59. The molecule has 6 nitrogen and oxygen atoms in total. The monoisotopic (exact) mass is 382 g/mol. The highest BCUT2D eigenvalue weighted by atomic mass is 16.6. The lowest BCUT2D eigenvalue weighted by atomic mass is 9.86. The molecule has 0 spiro atoms. The van der Waals surface area contributed by atoms with Crippen LogP contribution in [0.3, 0.4) is 0 Å². The van der Waals surface area contributed by atoms with E-state index in [2.05, 4.69) is 0 Å². The molecule has 6 heteroatoms. The molecule has 0 heterocycles. The quantitative estimate of drug-likeness (QED) is 0.325. The van der Waals surface area contributed by atoms with Gasteiger partial charge in [-0.2, -0.15) is 0 Å². The Hall–Kier alpha value is -1.59. The number of hydrogen-bond donors (Lipinski definition) is 0. The van der Waals surface area contributed by atoms with Gasteiger partial charge in [-0.25, -0.2) is 0 Å². The first kappa shape index (κ1) is 21.7. The Bertz CT molecular complexity index is 443. The molecule has 2 rings (SSSR count). The van der Waals surface area contributed by atoms with Gasteiger partial charge in [-0.15, -0.1) is 0 Å². The summed E-state index contributed by atoms with van der Waals surface area (Å²) in [4.78, 5) is 35.5. The Labute approximate surface area is 162 Å². The molecule has 0 aromatic carbocycles. The van der Waals surface area contributed by atoms with E-state index in [0.717, 1.165) is 51.4 Å². The lowest BCUT2D eigenvalue weighted by Gasteiger charge is -2.32. The number of carbonyl (C=O) groups is 3. The zero-order valence-corrected chi connectivity index (χ0v) is 16.6. The van der Waals surface area contributed by atoms with Gasteiger partial charge in [0, 0.05) is 0 Å². The molecule has 0 aromatic rings. The first-order chi connectivity index (χ1) is 13.1. The largest absolute Gasteiger partial charge is 0.467 e. The van der Waals surface area contributed by atoms with Crippen LogP contribution in [0.5, 0.6) is 0 Å². The molecule has 0 aliphatic heterocycles. The third-order valence-electron chi connectivity index (χ3n) is 6.13. The van der Waals surface area contributed by atoms with Gasteiger partial charge in [0.25, 0.3) is 6.47 Å². The lowest BCUT2D eigenvalue weighted by molar-refractivity contribution is -0.164. The van der Waals surface area contributed by atoms with E-state index in [4.69, 9.17) is 14.2 Å². The minimum Gasteiger partial charge on any atom is -0.467 e. The summed E-state index contributed by atoms with van der Waals surface area (Å²) in [7, 11) is 0. The Morgan fingerprint density at radius 2 is 1.26 bits per heavy atom. The third kappa shape index (κ3) is 6.82. The summed E-state index contributed by atoms with van der Waals surface area (Å²) >= 11 is 0. The van der Waals surface area contributed by atoms with Crippen molar-refractivity contribution in [2.24, 2.45) is 17.3 Å². The van der Waals surface area contributed by atoms with Gasteiger partial charge in [-0.3, -0.25) is 14.4 Å². The van der Waals surface area contributed by atoms with E-state index < -0.39 is 5.41 Å². The summed E-state index contributed by atoms with van der Waals surface area (Å²) in [6, 6.07) is 0. The molecular weight excluding hydrogens is 348 g/mol. The summed E-state index contributed by atoms with van der Waals surface area (Å²) < 4.78 is 16.2. The minimum absolute atomic E-state index is 0.0370. The number of carbonyl (C=O) groups excluding carboxylic acids is 3. The van der Waals surface area contributed by atoms with Crippen LogP contribution in [0.15, 0.2) is 0 Å². The fraction of sp³-hybridized carbons (Fsp3) is 0.857. The van der Waals surface area contributed by atoms with Crippen LogP contribution in [0.2, 0.25) is 0 Å². The second kappa shape index (κ2) is 11.3. The standard InChI is InChI=1S/C21H34O6/c1-2-21(13-25-16-22,14-26-19(23)17-9-5-3-6-10-17)15-27-20(24)18-11-7-4-8-12-18/h16-18H,2-15H2,1H3. The molecular formula is C21H34O6. The van der Waals surface area contributed by atoms with E-state index in [0.29, 0.717) is 12.9 Å². The molecule has 0 radical (unpaired) electrons. The van der Waals surface area contributed by atoms with Gasteiger partial charge in [-0.1, -0.05) is 45.4 Å². The Morgan fingerprint density at radius 3 is 1.63 bits per heavy atom. The van der Waals surface area contributed by atoms with Crippen LogP contribution in [0, 0.1) is 17.3 Å². The van der Waals surface area contributed by atoms with Crippen molar-refractivity contribution in [3.8, 4) is 0 Å². The highest BCUT2D eigenvalue weighted by molar-refractivity contribution is 5.73. The summed E-state index contributed by atoms with van der Waals surface area (Å²) in [5, 5.41) is 0. The molecule has 0 aromatic heterocycles. The van der Waals surface area contributed by atoms with Gasteiger partial charge in [0.05, 0.1) is 17.3 Å². The predicted molar refractivity (Wildman–Crippen MR) is 99.8 cm³/mol. The van der Waals surface area contributed by atoms with Crippen molar-refractivity contribution in [2.45, 2.75) is 77.6 Å². The fourth-order valence-corrected chi connectivity index (χ4v) is 4.00. The van der Waals surface area contributed by atoms with E-state index in [1.807, 2.05) is 6.92 Å². The van der Waals surface area contributed by atoms with Gasteiger partial charge in [0.2, 0.25) is 0 Å². The third-order valence-corrected chi connectivity index (χ3v) is 6.13. The molecule has 0 atom stereocenters. The number of esters is 2. The zero-order chi connectivity index (χ0) is 19.5. The van der Waals surface area contributed by atoms with Crippen molar-refractivity contribution < 1.29 is 28.6 Å². The first-order valence-electron chi connectivity index (χ1n) is 10.5. The molecule has 154 valence electrons. The molecule has 27 heavy (non-hydrogen) atoms. The topological polar surface area (TPSA) is 78.9 Å². The van der Waals surface area contributed by atoms with Crippen molar-refractivity contribution >= 4 is 18.4 Å². The number of ether oxygens (including phenoxy) is 3. The first-order valence-corrected chi connectivity index (χ1v) is 10.5. The SMILES string of the molecule is CCC(COC=O)(COC(=O)C1CCCCC1)COC(=O)C1CCCCC1. The molecule has 2 fully saturated rings. The van der Waals surface area contributed by atoms with Crippen molar-refractivity contribution in [2.75, 3.05) is 19.8 Å². The van der Waals surface area contributed by atoms with E-state index in [-0.39, 0.29) is 43.6 Å². The highest BCUT2D eigenvalue weighted by Gasteiger charge is 2.35. The Kier molecular flexibility index (Phi) is 9.08. The molecule has 0 amide bonds. The van der Waals surface area contributed by atoms with Gasteiger partial charge in [-0.05, 0) is 32.1 Å². The number of hydrogen-bond acceptors (Lipinski definition) is 6. The maximum atomic E-state index is 12.4. The maximum absolute atomic E-state index is 12.4. The maximum Gasteiger partial charge on any atom is 0.308 e. The summed E-state index contributed by atoms with van der Waals surface area (Å²) in [6.07, 6.45) is 10.7. The van der Waals surface area contributed by atoms with Crippen LogP contribution in [-0.2, 0) is 28.6 Å². The predicted octanol–water partition coefficient (Wildman–Crippen LogP) is 3.80. The zero-order valence-electron chi connectivity index (χ0n) is 16.6. The van der Waals surface area contributed by atoms with E-state index in [9.17, 15) is 14.4 Å².